The van der Waals surface area contributed by atoms with Gasteiger partial charge in [0.2, 0.25) is 5.91 Å². The Morgan fingerprint density at radius 3 is 2.45 bits per heavy atom. The van der Waals surface area contributed by atoms with E-state index >= 15 is 4.39 Å². The molecular formula is C28H26F4N4O6. The number of ether oxygens (including phenoxy) is 1. The Labute approximate surface area is 236 Å². The van der Waals surface area contributed by atoms with Crippen LogP contribution in [0, 0.1) is 23.1 Å². The number of hydrogen-bond donors (Lipinski definition) is 4. The van der Waals surface area contributed by atoms with E-state index in [1.165, 1.54) is 30.9 Å². The van der Waals surface area contributed by atoms with Crippen molar-refractivity contribution in [2.24, 2.45) is 5.41 Å². The lowest BCUT2D eigenvalue weighted by Gasteiger charge is -2.27. The predicted octanol–water partition coefficient (Wildman–Crippen LogP) is 2.34. The molecule has 2 aromatic carbocycles. The molecule has 0 atom stereocenters. The average molecular weight is 591 g/mol. The van der Waals surface area contributed by atoms with Crippen molar-refractivity contribution in [3.05, 3.63) is 63.8 Å². The van der Waals surface area contributed by atoms with E-state index in [-0.39, 0.29) is 53.9 Å². The maximum absolute atomic E-state index is 15.2. The summed E-state index contributed by atoms with van der Waals surface area (Å²) in [5.41, 5.74) is -4.03. The monoisotopic (exact) mass is 590 g/mol. The van der Waals surface area contributed by atoms with E-state index in [2.05, 4.69) is 22.1 Å². The normalized spacial score (nSPS) is 16.7. The molecule has 2 heterocycles. The lowest BCUT2D eigenvalue weighted by atomic mass is 9.99. The third-order valence-electron chi connectivity index (χ3n) is 7.22. The fourth-order valence-electron chi connectivity index (χ4n) is 4.89. The average Bonchev–Trinajstić information content (AvgIpc) is 3.71. The van der Waals surface area contributed by atoms with Gasteiger partial charge in [-0.1, -0.05) is 24.0 Å². The van der Waals surface area contributed by atoms with Crippen molar-refractivity contribution in [3.63, 3.8) is 0 Å². The van der Waals surface area contributed by atoms with Gasteiger partial charge in [-0.2, -0.15) is 18.2 Å². The van der Waals surface area contributed by atoms with E-state index in [1.807, 2.05) is 0 Å². The van der Waals surface area contributed by atoms with E-state index in [1.54, 1.807) is 18.2 Å². The molecule has 4 N–H and O–H groups in total. The number of hydrogen-bond acceptors (Lipinski definition) is 8. The van der Waals surface area contributed by atoms with Crippen molar-refractivity contribution in [2.45, 2.75) is 51.1 Å². The highest BCUT2D eigenvalue weighted by Crippen LogP contribution is 2.57. The second-order valence-corrected chi connectivity index (χ2v) is 10.7. The second kappa shape index (κ2) is 10.1. The topological polar surface area (TPSA) is 137 Å². The molecular weight excluding hydrogens is 564 g/mol. The molecule has 1 fully saturated rings. The summed E-state index contributed by atoms with van der Waals surface area (Å²) >= 11 is 0. The summed E-state index contributed by atoms with van der Waals surface area (Å²) in [5, 5.41) is 31.3. The van der Waals surface area contributed by atoms with Gasteiger partial charge in [0.05, 0.1) is 29.7 Å². The first kappa shape index (κ1) is 29.5. The van der Waals surface area contributed by atoms with E-state index in [0.29, 0.717) is 16.8 Å². The number of nitrogens with one attached hydrogen (secondary N) is 1. The highest BCUT2D eigenvalue weighted by Gasteiger charge is 2.68. The molecule has 0 spiro atoms. The molecule has 10 nitrogen and oxygen atoms in total. The molecule has 14 heteroatoms. The van der Waals surface area contributed by atoms with Gasteiger partial charge in [0.25, 0.3) is 0 Å². The molecule has 0 bridgehead atoms. The molecule has 1 aliphatic heterocycles. The van der Waals surface area contributed by atoms with Gasteiger partial charge in [-0.05, 0) is 51.0 Å². The summed E-state index contributed by atoms with van der Waals surface area (Å²) in [6.07, 6.45) is -8.88. The Hall–Kier alpha value is -4.03. The minimum Gasteiger partial charge on any atom is -0.375 e. The molecule has 3 aromatic rings. The fraction of sp³-hybridized carbons (Fsp3) is 0.393. The van der Waals surface area contributed by atoms with Gasteiger partial charge in [0.1, 0.15) is 11.2 Å². The first-order valence-electron chi connectivity index (χ1n) is 12.8. The third-order valence-corrected chi connectivity index (χ3v) is 7.22. The van der Waals surface area contributed by atoms with Crippen LogP contribution in [-0.4, -0.2) is 55.6 Å². The number of aromatic nitrogens is 2. The summed E-state index contributed by atoms with van der Waals surface area (Å²) in [7, 11) is 0. The standard InChI is InChI=1S/C28H26F4N4O6/c1-25(2,34-23(37)26(11-12-26)27(30,31)32)10-9-16-5-3-7-19-17(16)15-42-14-13-35(19)22-21-18(29)6-4-8-20(21)36(24(38)33-22)28(39,40)41/h3-8,39-41H,11-15H2,1-2H3,(H,34,37). The first-order chi connectivity index (χ1) is 19.6. The molecule has 5 rings (SSSR count). The summed E-state index contributed by atoms with van der Waals surface area (Å²) in [4.78, 5) is 30.7. The lowest BCUT2D eigenvalue weighted by molar-refractivity contribution is -0.374. The Morgan fingerprint density at radius 1 is 1.12 bits per heavy atom. The van der Waals surface area contributed by atoms with Crippen LogP contribution < -0.4 is 15.9 Å². The molecule has 1 aliphatic carbocycles. The summed E-state index contributed by atoms with van der Waals surface area (Å²) < 4.78 is 61.2. The minimum atomic E-state index is -4.66. The first-order valence-corrected chi connectivity index (χ1v) is 12.8. The maximum atomic E-state index is 15.2. The molecule has 2 aliphatic rings. The van der Waals surface area contributed by atoms with Crippen LogP contribution in [0.5, 0.6) is 0 Å². The Kier molecular flexibility index (Phi) is 7.05. The number of carbonyl (C=O) groups excluding carboxylic acids is 1. The van der Waals surface area contributed by atoms with Gasteiger partial charge in [0, 0.05) is 23.4 Å². The molecule has 1 aromatic heterocycles. The molecule has 0 radical (unpaired) electrons. The van der Waals surface area contributed by atoms with Crippen LogP contribution in [0.4, 0.5) is 29.1 Å². The number of anilines is 2. The van der Waals surface area contributed by atoms with E-state index < -0.39 is 40.6 Å². The molecule has 0 saturated heterocycles. The number of benzene rings is 2. The van der Waals surface area contributed by atoms with Gasteiger partial charge in [-0.15, -0.1) is 0 Å². The zero-order valence-electron chi connectivity index (χ0n) is 22.4. The number of fused-ring (bicyclic) bond motifs is 2. The van der Waals surface area contributed by atoms with Gasteiger partial charge in [-0.3, -0.25) is 4.79 Å². The summed E-state index contributed by atoms with van der Waals surface area (Å²) in [5.74, 6) is 3.55. The van der Waals surface area contributed by atoms with Crippen LogP contribution in [0.2, 0.25) is 0 Å². The number of nitrogens with zero attached hydrogens (tertiary/aromatic N) is 3. The largest absolute Gasteiger partial charge is 0.403 e. The quantitative estimate of drug-likeness (QED) is 0.207. The van der Waals surface area contributed by atoms with Crippen LogP contribution in [0.1, 0.15) is 37.8 Å². The number of halogens is 4. The predicted molar refractivity (Wildman–Crippen MR) is 141 cm³/mol. The van der Waals surface area contributed by atoms with Crippen LogP contribution in [-0.2, 0) is 22.2 Å². The third kappa shape index (κ3) is 5.20. The zero-order chi connectivity index (χ0) is 30.7. The SMILES string of the molecule is CC(C)(C#Cc1cccc2c1COCCN2c1nc(=O)n(C(O)(O)O)c2cccc(F)c12)NC(=O)C1(C(F)(F)F)CC1. The van der Waals surface area contributed by atoms with Crippen molar-refractivity contribution in [1.82, 2.24) is 14.9 Å². The molecule has 0 unspecified atom stereocenters. The van der Waals surface area contributed by atoms with Crippen LogP contribution in [0.25, 0.3) is 10.9 Å². The molecule has 222 valence electrons. The van der Waals surface area contributed by atoms with Crippen molar-refractivity contribution < 1.29 is 42.4 Å². The number of aliphatic hydroxyl groups is 3. The van der Waals surface area contributed by atoms with Crippen LogP contribution in [0.15, 0.2) is 41.2 Å². The van der Waals surface area contributed by atoms with E-state index in [0.717, 1.165) is 6.07 Å². The molecule has 1 amide bonds. The minimum absolute atomic E-state index is 0.0329. The van der Waals surface area contributed by atoms with Crippen molar-refractivity contribution in [1.29, 1.82) is 0 Å². The highest BCUT2D eigenvalue weighted by molar-refractivity contribution is 5.93. The number of amides is 1. The smallest absolute Gasteiger partial charge is 0.375 e. The van der Waals surface area contributed by atoms with Gasteiger partial charge >= 0.3 is 18.0 Å². The fourth-order valence-corrected chi connectivity index (χ4v) is 4.89. The summed E-state index contributed by atoms with van der Waals surface area (Å²) in [6.45, 7) is 3.18. The number of carbonyl (C=O) groups is 1. The summed E-state index contributed by atoms with van der Waals surface area (Å²) in [6, 6.07) is 8.41. The Balaban J connectivity index is 1.57. The number of rotatable bonds is 4. The van der Waals surface area contributed by atoms with Gasteiger partial charge < -0.3 is 30.3 Å². The van der Waals surface area contributed by atoms with Gasteiger partial charge in [0.15, 0.2) is 5.82 Å². The maximum Gasteiger partial charge on any atom is 0.403 e. The second-order valence-electron chi connectivity index (χ2n) is 10.7. The Morgan fingerprint density at radius 2 is 1.81 bits per heavy atom. The van der Waals surface area contributed by atoms with Crippen LogP contribution in [0.3, 0.4) is 0 Å². The van der Waals surface area contributed by atoms with Crippen molar-refractivity contribution in [2.75, 3.05) is 18.1 Å². The molecule has 42 heavy (non-hydrogen) atoms. The van der Waals surface area contributed by atoms with Gasteiger partial charge in [-0.25, -0.2) is 13.8 Å². The Bertz CT molecular complexity index is 1700. The molecule has 1 saturated carbocycles. The van der Waals surface area contributed by atoms with Crippen LogP contribution >= 0.6 is 0 Å². The zero-order valence-corrected chi connectivity index (χ0v) is 22.4. The van der Waals surface area contributed by atoms with E-state index in [4.69, 9.17) is 4.74 Å². The highest BCUT2D eigenvalue weighted by atomic mass is 19.4. The number of alkyl halides is 3. The van der Waals surface area contributed by atoms with Crippen molar-refractivity contribution >= 4 is 28.3 Å². The lowest BCUT2D eigenvalue weighted by Crippen LogP contribution is -2.49. The van der Waals surface area contributed by atoms with Crippen molar-refractivity contribution in [3.8, 4) is 11.8 Å². The van der Waals surface area contributed by atoms with E-state index in [9.17, 15) is 38.1 Å².